The quantitative estimate of drug-likeness (QED) is 0.487. The van der Waals surface area contributed by atoms with Gasteiger partial charge in [-0.05, 0) is 56.2 Å². The molecule has 0 unspecified atom stereocenters. The Morgan fingerprint density at radius 2 is 2.03 bits per heavy atom. The molecule has 3 aromatic rings. The van der Waals surface area contributed by atoms with E-state index in [9.17, 15) is 9.90 Å². The number of benzene rings is 1. The lowest BCUT2D eigenvalue weighted by Crippen LogP contribution is -2.52. The van der Waals surface area contributed by atoms with Crippen molar-refractivity contribution in [2.24, 2.45) is 5.92 Å². The molecule has 4 atom stereocenters. The molecule has 2 aliphatic heterocycles. The minimum Gasteiger partial charge on any atom is -0.390 e. The van der Waals surface area contributed by atoms with E-state index in [4.69, 9.17) is 9.47 Å². The molecule has 37 heavy (non-hydrogen) atoms. The van der Waals surface area contributed by atoms with Crippen LogP contribution in [-0.4, -0.2) is 74.4 Å². The number of morpholine rings is 1. The standard InChI is InChI=1S/C27H31N5O4S/c33-22-2-1-3-23(22)36-14-25-28-10-17(11-29-25)15-4-5-21-24(8-15)37-27(30-21)31-26(34)16-6-18(7-16)32-12-20-9-19(32)13-35-20/h4-5,8,10-11,16,18-20,22-23,33H,1-3,6-7,9,12-14H2,(H,30,31,34)/t16?,18?,19-,20-,22-,23-/m0/s1. The SMILES string of the molecule is O=C(Nc1nc2ccc(-c3cnc(CO[C@H]4CCC[C@@H]4O)nc3)cc2s1)C1CC(N2C[C@@H]3C[C@H]2CO3)C1. The molecule has 9 nitrogen and oxygen atoms in total. The molecular formula is C27H31N5O4S. The molecule has 7 rings (SSSR count). The number of hydrogen-bond acceptors (Lipinski definition) is 9. The lowest BCUT2D eigenvalue weighted by Gasteiger charge is -2.43. The van der Waals surface area contributed by atoms with Crippen LogP contribution in [-0.2, 0) is 20.9 Å². The maximum absolute atomic E-state index is 12.8. The van der Waals surface area contributed by atoms with E-state index in [-0.39, 0.29) is 24.0 Å². The Morgan fingerprint density at radius 3 is 2.76 bits per heavy atom. The van der Waals surface area contributed by atoms with E-state index in [1.807, 2.05) is 12.1 Å². The zero-order valence-corrected chi connectivity index (χ0v) is 21.4. The maximum Gasteiger partial charge on any atom is 0.229 e. The summed E-state index contributed by atoms with van der Waals surface area (Å²) in [6.07, 6.45) is 9.17. The average molecular weight is 522 g/mol. The fourth-order valence-corrected chi connectivity index (χ4v) is 7.08. The summed E-state index contributed by atoms with van der Waals surface area (Å²) < 4.78 is 12.5. The van der Waals surface area contributed by atoms with Gasteiger partial charge in [-0.1, -0.05) is 17.4 Å². The Labute approximate surface area is 219 Å². The fraction of sp³-hybridized carbons (Fsp3) is 0.556. The van der Waals surface area contributed by atoms with Gasteiger partial charge in [0.2, 0.25) is 5.91 Å². The topological polar surface area (TPSA) is 110 Å². The fourth-order valence-electron chi connectivity index (χ4n) is 6.18. The molecule has 0 spiro atoms. The molecular weight excluding hydrogens is 490 g/mol. The van der Waals surface area contributed by atoms with Crippen LogP contribution in [0.25, 0.3) is 21.3 Å². The number of amides is 1. The first-order chi connectivity index (χ1) is 18.1. The number of rotatable bonds is 7. The number of carbonyl (C=O) groups is 1. The second-order valence-corrected chi connectivity index (χ2v) is 11.8. The van der Waals surface area contributed by atoms with E-state index in [2.05, 4.69) is 31.2 Å². The van der Waals surface area contributed by atoms with Crippen LogP contribution in [0.5, 0.6) is 0 Å². The van der Waals surface area contributed by atoms with Crippen molar-refractivity contribution in [3.8, 4) is 11.1 Å². The number of nitrogens with zero attached hydrogens (tertiary/aromatic N) is 4. The number of hydrogen-bond donors (Lipinski definition) is 2. The highest BCUT2D eigenvalue weighted by Gasteiger charge is 2.47. The minimum atomic E-state index is -0.383. The van der Waals surface area contributed by atoms with Gasteiger partial charge < -0.3 is 19.9 Å². The van der Waals surface area contributed by atoms with Gasteiger partial charge in [0.25, 0.3) is 0 Å². The van der Waals surface area contributed by atoms with Gasteiger partial charge in [-0.2, -0.15) is 0 Å². The van der Waals surface area contributed by atoms with Gasteiger partial charge in [-0.25, -0.2) is 15.0 Å². The molecule has 2 aromatic heterocycles. The van der Waals surface area contributed by atoms with Crippen molar-refractivity contribution in [2.75, 3.05) is 18.5 Å². The highest BCUT2D eigenvalue weighted by molar-refractivity contribution is 7.22. The van der Waals surface area contributed by atoms with E-state index < -0.39 is 0 Å². The lowest BCUT2D eigenvalue weighted by molar-refractivity contribution is -0.125. The lowest BCUT2D eigenvalue weighted by atomic mass is 9.78. The number of aromatic nitrogens is 3. The van der Waals surface area contributed by atoms with Crippen LogP contribution >= 0.6 is 11.3 Å². The Kier molecular flexibility index (Phi) is 6.17. The van der Waals surface area contributed by atoms with E-state index in [0.29, 0.717) is 35.8 Å². The average Bonchev–Trinajstić information content (AvgIpc) is 3.66. The summed E-state index contributed by atoms with van der Waals surface area (Å²) in [4.78, 5) is 28.9. The third-order valence-electron chi connectivity index (χ3n) is 8.40. The van der Waals surface area contributed by atoms with Gasteiger partial charge in [-0.15, -0.1) is 0 Å². The number of anilines is 1. The third kappa shape index (κ3) is 4.66. The zero-order chi connectivity index (χ0) is 24.9. The van der Waals surface area contributed by atoms with Crippen LogP contribution in [0.1, 0.15) is 44.3 Å². The van der Waals surface area contributed by atoms with Gasteiger partial charge in [0.05, 0.1) is 35.1 Å². The molecule has 194 valence electrons. The van der Waals surface area contributed by atoms with Crippen molar-refractivity contribution in [1.82, 2.24) is 19.9 Å². The molecule has 2 saturated carbocycles. The van der Waals surface area contributed by atoms with Crippen LogP contribution in [0, 0.1) is 5.92 Å². The van der Waals surface area contributed by atoms with E-state index in [1.165, 1.54) is 11.3 Å². The monoisotopic (exact) mass is 521 g/mol. The third-order valence-corrected chi connectivity index (χ3v) is 9.33. The minimum absolute atomic E-state index is 0.0594. The molecule has 0 radical (unpaired) electrons. The summed E-state index contributed by atoms with van der Waals surface area (Å²) in [5.41, 5.74) is 2.77. The molecule has 2 aliphatic carbocycles. The Bertz CT molecular complexity index is 1290. The Morgan fingerprint density at radius 1 is 1.16 bits per heavy atom. The molecule has 4 aliphatic rings. The highest BCUT2D eigenvalue weighted by Crippen LogP contribution is 2.40. The second kappa shape index (κ2) is 9.67. The van der Waals surface area contributed by atoms with Gasteiger partial charge in [0.1, 0.15) is 6.61 Å². The second-order valence-electron chi connectivity index (χ2n) is 10.8. The van der Waals surface area contributed by atoms with Crippen molar-refractivity contribution in [3.05, 3.63) is 36.4 Å². The number of fused-ring (bicyclic) bond motifs is 3. The van der Waals surface area contributed by atoms with Crippen molar-refractivity contribution in [3.63, 3.8) is 0 Å². The van der Waals surface area contributed by atoms with Crippen molar-refractivity contribution in [1.29, 1.82) is 0 Å². The van der Waals surface area contributed by atoms with Crippen LogP contribution in [0.3, 0.4) is 0 Å². The molecule has 1 amide bonds. The van der Waals surface area contributed by atoms with Gasteiger partial charge in [-0.3, -0.25) is 9.69 Å². The first-order valence-corrected chi connectivity index (χ1v) is 14.1. The molecule has 2 bridgehead atoms. The molecule has 1 aromatic carbocycles. The van der Waals surface area contributed by atoms with Gasteiger partial charge in [0.15, 0.2) is 11.0 Å². The smallest absolute Gasteiger partial charge is 0.229 e. The number of nitrogens with one attached hydrogen (secondary N) is 1. The van der Waals surface area contributed by atoms with Crippen molar-refractivity contribution in [2.45, 2.75) is 75.5 Å². The van der Waals surface area contributed by atoms with Crippen LogP contribution in [0.2, 0.25) is 0 Å². The Balaban J connectivity index is 0.957. The van der Waals surface area contributed by atoms with Crippen molar-refractivity contribution < 1.29 is 19.4 Å². The number of aliphatic hydroxyl groups is 1. The summed E-state index contributed by atoms with van der Waals surface area (Å²) in [5, 5.41) is 13.6. The van der Waals surface area contributed by atoms with Crippen molar-refractivity contribution >= 4 is 32.6 Å². The number of likely N-dealkylation sites (tertiary alicyclic amines) is 1. The summed E-state index contributed by atoms with van der Waals surface area (Å²) in [6.45, 7) is 2.17. The Hall–Kier alpha value is -2.50. The molecule has 2 N–H and O–H groups in total. The van der Waals surface area contributed by atoms with E-state index >= 15 is 0 Å². The van der Waals surface area contributed by atoms with E-state index in [0.717, 1.165) is 73.0 Å². The predicted octanol–water partition coefficient (Wildman–Crippen LogP) is 3.37. The largest absolute Gasteiger partial charge is 0.390 e. The molecule has 4 fully saturated rings. The van der Waals surface area contributed by atoms with Crippen LogP contribution in [0.15, 0.2) is 30.6 Å². The van der Waals surface area contributed by atoms with Crippen LogP contribution < -0.4 is 5.32 Å². The number of thiazole rings is 1. The zero-order valence-electron chi connectivity index (χ0n) is 20.6. The molecule has 4 heterocycles. The maximum atomic E-state index is 12.8. The number of ether oxygens (including phenoxy) is 2. The summed E-state index contributed by atoms with van der Waals surface area (Å²) in [6, 6.07) is 7.11. The number of aliphatic hydroxyl groups excluding tert-OH is 1. The first-order valence-electron chi connectivity index (χ1n) is 13.3. The summed E-state index contributed by atoms with van der Waals surface area (Å²) in [5.74, 6) is 0.743. The van der Waals surface area contributed by atoms with E-state index in [1.54, 1.807) is 12.4 Å². The van der Waals surface area contributed by atoms with Gasteiger partial charge in [0, 0.05) is 42.5 Å². The normalized spacial score (nSPS) is 31.2. The van der Waals surface area contributed by atoms with Crippen LogP contribution in [0.4, 0.5) is 5.13 Å². The van der Waals surface area contributed by atoms with Gasteiger partial charge >= 0.3 is 0 Å². The summed E-state index contributed by atoms with van der Waals surface area (Å²) in [7, 11) is 0. The molecule has 2 saturated heterocycles. The molecule has 10 heteroatoms. The first kappa shape index (κ1) is 23.6. The highest BCUT2D eigenvalue weighted by atomic mass is 32.1. The summed E-state index contributed by atoms with van der Waals surface area (Å²) >= 11 is 1.49. The predicted molar refractivity (Wildman–Crippen MR) is 139 cm³/mol. The number of carbonyl (C=O) groups excluding carboxylic acids is 1.